The summed E-state index contributed by atoms with van der Waals surface area (Å²) in [6, 6.07) is 16.3. The van der Waals surface area contributed by atoms with Crippen LogP contribution in [0, 0.1) is 6.92 Å². The number of hydrogen-bond acceptors (Lipinski definition) is 3. The van der Waals surface area contributed by atoms with Crippen molar-refractivity contribution in [3.8, 4) is 0 Å². The number of nitrogens with one attached hydrogen (secondary N) is 1. The lowest BCUT2D eigenvalue weighted by Crippen LogP contribution is -2.43. The Hall–Kier alpha value is -2.70. The van der Waals surface area contributed by atoms with Crippen molar-refractivity contribution in [2.75, 3.05) is 12.4 Å². The van der Waals surface area contributed by atoms with Gasteiger partial charge < -0.3 is 5.32 Å². The van der Waals surface area contributed by atoms with Gasteiger partial charge >= 0.3 is 0 Å². The van der Waals surface area contributed by atoms with Gasteiger partial charge in [0.25, 0.3) is 5.91 Å². The van der Waals surface area contributed by atoms with Gasteiger partial charge in [0.2, 0.25) is 5.91 Å². The topological polar surface area (TPSA) is 66.5 Å². The predicted octanol–water partition coefficient (Wildman–Crippen LogP) is 4.02. The van der Waals surface area contributed by atoms with Crippen LogP contribution >= 0.6 is 11.6 Å². The Labute approximate surface area is 169 Å². The molecule has 4 rings (SSSR count). The van der Waals surface area contributed by atoms with Crippen molar-refractivity contribution in [1.82, 2.24) is 4.31 Å². The van der Waals surface area contributed by atoms with Crippen LogP contribution in [0.3, 0.4) is 0 Å². The average molecular weight is 413 g/mol. The quantitative estimate of drug-likeness (QED) is 0.646. The van der Waals surface area contributed by atoms with E-state index in [-0.39, 0.29) is 0 Å². The minimum atomic E-state index is -1.65. The Morgan fingerprint density at radius 3 is 2.46 bits per heavy atom. The third-order valence-corrected chi connectivity index (χ3v) is 6.70. The van der Waals surface area contributed by atoms with Gasteiger partial charge in [0.05, 0.1) is 4.90 Å². The molecule has 1 aliphatic rings. The van der Waals surface area contributed by atoms with Gasteiger partial charge in [-0.25, -0.2) is 4.21 Å². The molecule has 0 fully saturated rings. The second-order valence-electron chi connectivity index (χ2n) is 6.71. The van der Waals surface area contributed by atoms with Crippen LogP contribution in [0.4, 0.5) is 5.69 Å². The van der Waals surface area contributed by atoms with Crippen LogP contribution in [0.5, 0.6) is 0 Å². The lowest BCUT2D eigenvalue weighted by atomic mass is 9.94. The molecule has 0 radical (unpaired) electrons. The van der Waals surface area contributed by atoms with E-state index >= 15 is 0 Å². The van der Waals surface area contributed by atoms with Crippen molar-refractivity contribution in [1.29, 1.82) is 0 Å². The van der Waals surface area contributed by atoms with Gasteiger partial charge in [-0.2, -0.15) is 0 Å². The molecule has 1 N–H and O–H groups in total. The number of halogens is 1. The Morgan fingerprint density at radius 2 is 1.79 bits per heavy atom. The lowest BCUT2D eigenvalue weighted by molar-refractivity contribution is -0.132. The average Bonchev–Trinajstić information content (AvgIpc) is 2.68. The van der Waals surface area contributed by atoms with Crippen LogP contribution in [0.25, 0.3) is 10.8 Å². The van der Waals surface area contributed by atoms with E-state index in [0.29, 0.717) is 21.2 Å². The van der Waals surface area contributed by atoms with Gasteiger partial charge in [-0.15, -0.1) is 0 Å². The molecule has 1 aliphatic heterocycles. The maximum Gasteiger partial charge on any atom is 0.251 e. The van der Waals surface area contributed by atoms with Crippen LogP contribution in [0.15, 0.2) is 59.5 Å². The molecule has 5 nitrogen and oxygen atoms in total. The van der Waals surface area contributed by atoms with Gasteiger partial charge in [-0.1, -0.05) is 41.9 Å². The van der Waals surface area contributed by atoms with Gasteiger partial charge in [0.1, 0.15) is 5.92 Å². The predicted molar refractivity (Wildman–Crippen MR) is 111 cm³/mol. The number of anilines is 1. The number of carbonyl (C=O) groups excluding carboxylic acids is 2. The number of likely N-dealkylation sites (N-methyl/N-ethyl adjacent to an activating group) is 1. The number of rotatable bonds is 2. The fourth-order valence-electron chi connectivity index (χ4n) is 3.30. The van der Waals surface area contributed by atoms with E-state index in [4.69, 9.17) is 11.6 Å². The maximum absolute atomic E-state index is 13.0. The Bertz CT molecular complexity index is 1160. The van der Waals surface area contributed by atoms with E-state index < -0.39 is 28.7 Å². The normalized spacial score (nSPS) is 18.8. The fourth-order valence-corrected chi connectivity index (χ4v) is 4.65. The van der Waals surface area contributed by atoms with Crippen molar-refractivity contribution < 1.29 is 13.8 Å². The molecule has 2 atom stereocenters. The summed E-state index contributed by atoms with van der Waals surface area (Å²) in [5.41, 5.74) is 1.86. The molecule has 1 heterocycles. The Morgan fingerprint density at radius 1 is 1.11 bits per heavy atom. The zero-order chi connectivity index (χ0) is 20.0. The van der Waals surface area contributed by atoms with Crippen LogP contribution in [-0.2, 0) is 20.6 Å². The fraction of sp³-hybridized carbons (Fsp3) is 0.143. The molecule has 0 spiro atoms. The maximum atomic E-state index is 13.0. The largest absolute Gasteiger partial charge is 0.325 e. The first kappa shape index (κ1) is 18.7. The van der Waals surface area contributed by atoms with Crippen LogP contribution in [-0.4, -0.2) is 27.4 Å². The molecule has 2 unspecified atom stereocenters. The second-order valence-corrected chi connectivity index (χ2v) is 8.60. The Kier molecular flexibility index (Phi) is 4.69. The van der Waals surface area contributed by atoms with Gasteiger partial charge in [0, 0.05) is 17.8 Å². The van der Waals surface area contributed by atoms with Gasteiger partial charge in [-0.05, 0) is 53.1 Å². The molecule has 28 heavy (non-hydrogen) atoms. The summed E-state index contributed by atoms with van der Waals surface area (Å²) in [5.74, 6) is -2.07. The molecule has 7 heteroatoms. The molecule has 0 aliphatic carbocycles. The van der Waals surface area contributed by atoms with Crippen molar-refractivity contribution in [2.45, 2.75) is 17.7 Å². The summed E-state index contributed by atoms with van der Waals surface area (Å²) in [4.78, 5) is 26.3. The van der Waals surface area contributed by atoms with Crippen molar-refractivity contribution in [2.24, 2.45) is 0 Å². The van der Waals surface area contributed by atoms with Crippen LogP contribution < -0.4 is 5.32 Å². The van der Waals surface area contributed by atoms with Crippen LogP contribution in [0.1, 0.15) is 17.0 Å². The van der Waals surface area contributed by atoms with E-state index in [2.05, 4.69) is 5.32 Å². The number of carbonyl (C=O) groups is 2. The monoisotopic (exact) mass is 412 g/mol. The second kappa shape index (κ2) is 7.04. The minimum Gasteiger partial charge on any atom is -0.325 e. The zero-order valence-electron chi connectivity index (χ0n) is 15.2. The molecule has 3 aromatic rings. The summed E-state index contributed by atoms with van der Waals surface area (Å²) >= 11 is 6.13. The van der Waals surface area contributed by atoms with Gasteiger partial charge in [0.15, 0.2) is 11.0 Å². The highest BCUT2D eigenvalue weighted by Gasteiger charge is 2.40. The van der Waals surface area contributed by atoms with Crippen molar-refractivity contribution in [3.63, 3.8) is 0 Å². The number of amides is 2. The Balaban J connectivity index is 1.79. The lowest BCUT2D eigenvalue weighted by Gasteiger charge is -2.30. The zero-order valence-corrected chi connectivity index (χ0v) is 16.8. The number of hydrogen-bond donors (Lipinski definition) is 1. The summed E-state index contributed by atoms with van der Waals surface area (Å²) < 4.78 is 13.9. The first-order valence-electron chi connectivity index (χ1n) is 8.66. The highest BCUT2D eigenvalue weighted by Crippen LogP contribution is 2.35. The van der Waals surface area contributed by atoms with E-state index in [9.17, 15) is 13.8 Å². The summed E-state index contributed by atoms with van der Waals surface area (Å²) in [6.45, 7) is 1.87. The molecule has 2 amide bonds. The van der Waals surface area contributed by atoms with Crippen molar-refractivity contribution in [3.05, 3.63) is 70.7 Å². The molecule has 0 saturated heterocycles. The van der Waals surface area contributed by atoms with Gasteiger partial charge in [-0.3, -0.25) is 13.9 Å². The van der Waals surface area contributed by atoms with E-state index in [1.807, 2.05) is 31.2 Å². The highest BCUT2D eigenvalue weighted by molar-refractivity contribution is 7.83. The molecule has 3 aromatic carbocycles. The summed E-state index contributed by atoms with van der Waals surface area (Å²) in [6.07, 6.45) is 0. The molecule has 0 aromatic heterocycles. The third kappa shape index (κ3) is 3.08. The minimum absolute atomic E-state index is 0.468. The number of fused-ring (bicyclic) bond motifs is 2. The van der Waals surface area contributed by atoms with Crippen LogP contribution in [0.2, 0.25) is 5.02 Å². The molecular formula is C21H17ClN2O3S. The molecule has 142 valence electrons. The summed E-state index contributed by atoms with van der Waals surface area (Å²) in [7, 11) is -0.210. The highest BCUT2D eigenvalue weighted by atomic mass is 35.5. The van der Waals surface area contributed by atoms with E-state index in [0.717, 1.165) is 20.6 Å². The summed E-state index contributed by atoms with van der Waals surface area (Å²) in [5, 5.41) is 5.08. The molecular weight excluding hydrogens is 396 g/mol. The van der Waals surface area contributed by atoms with E-state index in [1.54, 1.807) is 30.3 Å². The first-order chi connectivity index (χ1) is 13.4. The molecule has 0 saturated carbocycles. The standard InChI is InChI=1S/C21H17ClN2O3S/c1-12-7-8-15(11-17(12)22)23-20(25)19-16-9-13-5-3-4-6-14(13)10-18(16)28(27)24(2)21(19)26/h3-11,19H,1-2H3,(H,23,25). The SMILES string of the molecule is Cc1ccc(NC(=O)C2C(=O)N(C)S(=O)c3cc4ccccc4cc32)cc1Cl. The third-order valence-electron chi connectivity index (χ3n) is 4.88. The number of aryl methyl sites for hydroxylation is 1. The molecule has 0 bridgehead atoms. The number of benzene rings is 3. The number of nitrogens with zero attached hydrogens (tertiary/aromatic N) is 1. The van der Waals surface area contributed by atoms with E-state index in [1.165, 1.54) is 7.05 Å². The first-order valence-corrected chi connectivity index (χ1v) is 10.1. The van der Waals surface area contributed by atoms with Crippen molar-refractivity contribution >= 4 is 50.9 Å². The smallest absolute Gasteiger partial charge is 0.251 e.